The Morgan fingerprint density at radius 2 is 2.07 bits per heavy atom. The van der Waals surface area contributed by atoms with E-state index in [0.29, 0.717) is 12.3 Å². The van der Waals surface area contributed by atoms with E-state index in [4.69, 9.17) is 5.73 Å². The zero-order valence-electron chi connectivity index (χ0n) is 8.03. The Kier molecular flexibility index (Phi) is 4.49. The first-order valence-corrected chi connectivity index (χ1v) is 5.23. The van der Waals surface area contributed by atoms with E-state index in [2.05, 4.69) is 4.74 Å². The van der Waals surface area contributed by atoms with Gasteiger partial charge in [-0.2, -0.15) is 0 Å². The smallest absolute Gasteiger partial charge is 0.315 e. The Bertz CT molecular complexity index is 297. The maximum atomic E-state index is 10.8. The van der Waals surface area contributed by atoms with Crippen LogP contribution in [0.4, 0.5) is 0 Å². The van der Waals surface area contributed by atoms with Crippen LogP contribution in [0.25, 0.3) is 0 Å². The third-order valence-electron chi connectivity index (χ3n) is 1.74. The second-order valence-corrected chi connectivity index (χ2v) is 3.76. The number of rotatable bonds is 4. The van der Waals surface area contributed by atoms with E-state index < -0.39 is 0 Å². The second-order valence-electron chi connectivity index (χ2n) is 2.71. The second kappa shape index (κ2) is 5.67. The molecule has 0 amide bonds. The van der Waals surface area contributed by atoms with Crippen molar-refractivity contribution in [3.05, 3.63) is 29.8 Å². The molecule has 1 aromatic rings. The molecule has 0 saturated heterocycles. The van der Waals surface area contributed by atoms with Crippen LogP contribution in [0.5, 0.6) is 0 Å². The first-order valence-electron chi connectivity index (χ1n) is 4.25. The number of esters is 1. The predicted molar refractivity (Wildman–Crippen MR) is 57.1 cm³/mol. The molecule has 0 aliphatic carbocycles. The zero-order chi connectivity index (χ0) is 10.4. The molecular weight excluding hydrogens is 198 g/mol. The molecule has 0 radical (unpaired) electrons. The van der Waals surface area contributed by atoms with Crippen LogP contribution in [0.3, 0.4) is 0 Å². The molecule has 1 aromatic carbocycles. The van der Waals surface area contributed by atoms with Crippen LogP contribution in [0.1, 0.15) is 5.56 Å². The van der Waals surface area contributed by atoms with E-state index in [1.807, 2.05) is 24.3 Å². The van der Waals surface area contributed by atoms with Gasteiger partial charge in [-0.3, -0.25) is 4.79 Å². The van der Waals surface area contributed by atoms with Crippen molar-refractivity contribution in [3.8, 4) is 0 Å². The molecule has 0 heterocycles. The average Bonchev–Trinajstić information content (AvgIpc) is 2.26. The standard InChI is InChI=1S/C10H13NO2S/c1-13-10(12)7-14-9-4-2-8(6-11)3-5-9/h2-5H,6-7,11H2,1H3. The summed E-state index contributed by atoms with van der Waals surface area (Å²) in [4.78, 5) is 11.9. The SMILES string of the molecule is COC(=O)CSc1ccc(CN)cc1. The average molecular weight is 211 g/mol. The van der Waals surface area contributed by atoms with E-state index in [0.717, 1.165) is 10.5 Å². The fraction of sp³-hybridized carbons (Fsp3) is 0.300. The summed E-state index contributed by atoms with van der Waals surface area (Å²) in [5.74, 6) is 0.135. The van der Waals surface area contributed by atoms with Crippen LogP contribution in [0, 0.1) is 0 Å². The van der Waals surface area contributed by atoms with Crippen LogP contribution in [0.2, 0.25) is 0 Å². The Hall–Kier alpha value is -1.00. The van der Waals surface area contributed by atoms with Crippen LogP contribution < -0.4 is 5.73 Å². The van der Waals surface area contributed by atoms with Crippen LogP contribution >= 0.6 is 11.8 Å². The molecule has 4 heteroatoms. The van der Waals surface area contributed by atoms with Gasteiger partial charge in [0.15, 0.2) is 0 Å². The largest absolute Gasteiger partial charge is 0.468 e. The molecule has 3 nitrogen and oxygen atoms in total. The fourth-order valence-electron chi connectivity index (χ4n) is 0.923. The summed E-state index contributed by atoms with van der Waals surface area (Å²) in [6.07, 6.45) is 0. The highest BCUT2D eigenvalue weighted by atomic mass is 32.2. The number of hydrogen-bond donors (Lipinski definition) is 1. The van der Waals surface area contributed by atoms with E-state index >= 15 is 0 Å². The molecule has 0 aliphatic rings. The van der Waals surface area contributed by atoms with Gasteiger partial charge in [-0.15, -0.1) is 11.8 Å². The monoisotopic (exact) mass is 211 g/mol. The minimum absolute atomic E-state index is 0.210. The molecule has 1 rings (SSSR count). The summed E-state index contributed by atoms with van der Waals surface area (Å²) in [7, 11) is 1.39. The van der Waals surface area contributed by atoms with Gasteiger partial charge in [0.25, 0.3) is 0 Å². The molecule has 76 valence electrons. The first-order chi connectivity index (χ1) is 6.76. The van der Waals surface area contributed by atoms with E-state index in [1.54, 1.807) is 0 Å². The topological polar surface area (TPSA) is 52.3 Å². The Morgan fingerprint density at radius 3 is 2.57 bits per heavy atom. The van der Waals surface area contributed by atoms with Crippen LogP contribution in [0.15, 0.2) is 29.2 Å². The van der Waals surface area contributed by atoms with Gasteiger partial charge in [0.05, 0.1) is 12.9 Å². The summed E-state index contributed by atoms with van der Waals surface area (Å²) in [5, 5.41) is 0. The van der Waals surface area contributed by atoms with Crippen LogP contribution in [-0.4, -0.2) is 18.8 Å². The third kappa shape index (κ3) is 3.40. The van der Waals surface area contributed by atoms with Crippen molar-refractivity contribution in [2.24, 2.45) is 5.73 Å². The van der Waals surface area contributed by atoms with Gasteiger partial charge in [-0.05, 0) is 17.7 Å². The lowest BCUT2D eigenvalue weighted by molar-refractivity contribution is -0.137. The summed E-state index contributed by atoms with van der Waals surface area (Å²) >= 11 is 1.46. The highest BCUT2D eigenvalue weighted by molar-refractivity contribution is 8.00. The summed E-state index contributed by atoms with van der Waals surface area (Å²) in [6, 6.07) is 7.82. The summed E-state index contributed by atoms with van der Waals surface area (Å²) < 4.78 is 4.54. The Labute approximate surface area is 87.6 Å². The van der Waals surface area contributed by atoms with Crippen molar-refractivity contribution in [2.45, 2.75) is 11.4 Å². The van der Waals surface area contributed by atoms with E-state index in [1.165, 1.54) is 18.9 Å². The normalized spacial score (nSPS) is 9.86. The molecule has 0 saturated carbocycles. The van der Waals surface area contributed by atoms with Crippen LogP contribution in [-0.2, 0) is 16.1 Å². The zero-order valence-corrected chi connectivity index (χ0v) is 8.84. The van der Waals surface area contributed by atoms with Gasteiger partial charge in [-0.25, -0.2) is 0 Å². The van der Waals surface area contributed by atoms with E-state index in [9.17, 15) is 4.79 Å². The molecule has 0 fully saturated rings. The number of hydrogen-bond acceptors (Lipinski definition) is 4. The van der Waals surface area contributed by atoms with E-state index in [-0.39, 0.29) is 5.97 Å². The lowest BCUT2D eigenvalue weighted by Gasteiger charge is -2.01. The molecule has 0 aromatic heterocycles. The molecule has 0 atom stereocenters. The number of carbonyl (C=O) groups excluding carboxylic acids is 1. The number of carbonyl (C=O) groups is 1. The Balaban J connectivity index is 2.47. The minimum Gasteiger partial charge on any atom is -0.468 e. The quantitative estimate of drug-likeness (QED) is 0.604. The van der Waals surface area contributed by atoms with Gasteiger partial charge in [-0.1, -0.05) is 12.1 Å². The molecule has 0 spiro atoms. The van der Waals surface area contributed by atoms with Gasteiger partial charge < -0.3 is 10.5 Å². The molecule has 0 unspecified atom stereocenters. The van der Waals surface area contributed by atoms with Crippen molar-refractivity contribution in [2.75, 3.05) is 12.9 Å². The number of thioether (sulfide) groups is 1. The maximum Gasteiger partial charge on any atom is 0.315 e. The number of benzene rings is 1. The summed E-state index contributed by atoms with van der Waals surface area (Å²) in [5.41, 5.74) is 6.55. The minimum atomic E-state index is -0.210. The van der Waals surface area contributed by atoms with Gasteiger partial charge in [0, 0.05) is 11.4 Å². The number of methoxy groups -OCH3 is 1. The lowest BCUT2D eigenvalue weighted by atomic mass is 10.2. The Morgan fingerprint density at radius 1 is 1.43 bits per heavy atom. The maximum absolute atomic E-state index is 10.8. The molecule has 2 N–H and O–H groups in total. The molecule has 0 aliphatic heterocycles. The van der Waals surface area contributed by atoms with Crippen molar-refractivity contribution in [3.63, 3.8) is 0 Å². The van der Waals surface area contributed by atoms with Crippen molar-refractivity contribution >= 4 is 17.7 Å². The first kappa shape index (κ1) is 11.1. The summed E-state index contributed by atoms with van der Waals surface area (Å²) in [6.45, 7) is 0.544. The fourth-order valence-corrected chi connectivity index (χ4v) is 1.65. The third-order valence-corrected chi connectivity index (χ3v) is 2.73. The molecule has 14 heavy (non-hydrogen) atoms. The lowest BCUT2D eigenvalue weighted by Crippen LogP contribution is -2.02. The van der Waals surface area contributed by atoms with Crippen molar-refractivity contribution < 1.29 is 9.53 Å². The predicted octanol–water partition coefficient (Wildman–Crippen LogP) is 1.41. The highest BCUT2D eigenvalue weighted by Gasteiger charge is 2.01. The van der Waals surface area contributed by atoms with Gasteiger partial charge in [0.1, 0.15) is 0 Å². The molecule has 0 bridgehead atoms. The van der Waals surface area contributed by atoms with Crippen molar-refractivity contribution in [1.29, 1.82) is 0 Å². The number of ether oxygens (including phenoxy) is 1. The highest BCUT2D eigenvalue weighted by Crippen LogP contribution is 2.18. The molecular formula is C10H13NO2S. The van der Waals surface area contributed by atoms with Gasteiger partial charge in [0.2, 0.25) is 0 Å². The number of nitrogens with two attached hydrogens (primary N) is 1. The van der Waals surface area contributed by atoms with Crippen molar-refractivity contribution in [1.82, 2.24) is 0 Å². The van der Waals surface area contributed by atoms with Gasteiger partial charge >= 0.3 is 5.97 Å².